The number of nitrogens with zero attached hydrogens (tertiary/aromatic N) is 1. The van der Waals surface area contributed by atoms with E-state index in [0.29, 0.717) is 11.1 Å². The first-order valence-corrected chi connectivity index (χ1v) is 7.53. The van der Waals surface area contributed by atoms with Crippen molar-refractivity contribution in [2.45, 2.75) is 12.1 Å². The van der Waals surface area contributed by atoms with Crippen LogP contribution in [0, 0.1) is 0 Å². The molecule has 0 bridgehead atoms. The van der Waals surface area contributed by atoms with E-state index in [0.717, 1.165) is 4.90 Å². The summed E-state index contributed by atoms with van der Waals surface area (Å²) in [6.45, 7) is -0.821. The van der Waals surface area contributed by atoms with Crippen LogP contribution in [-0.2, 0) is 9.59 Å². The number of primary amides is 1. The predicted molar refractivity (Wildman–Crippen MR) is 88.6 cm³/mol. The van der Waals surface area contributed by atoms with Crippen molar-refractivity contribution in [1.82, 2.24) is 4.90 Å². The summed E-state index contributed by atoms with van der Waals surface area (Å²) in [5.41, 5.74) is 6.47. The van der Waals surface area contributed by atoms with Crippen LogP contribution in [-0.4, -0.2) is 40.1 Å². The molecule has 0 spiro atoms. The van der Waals surface area contributed by atoms with Crippen molar-refractivity contribution in [3.8, 4) is 0 Å². The first-order chi connectivity index (χ1) is 11.6. The maximum atomic E-state index is 12.4. The number of hydrogen-bond acceptors (Lipinski definition) is 4. The average molecular weight is 328 g/mol. The molecule has 0 saturated heterocycles. The van der Waals surface area contributed by atoms with Gasteiger partial charge in [0.1, 0.15) is 0 Å². The summed E-state index contributed by atoms with van der Waals surface area (Å²) in [5.74, 6) is -2.10. The Labute approximate surface area is 140 Å². The van der Waals surface area contributed by atoms with Crippen molar-refractivity contribution in [3.05, 3.63) is 71.8 Å². The summed E-state index contributed by atoms with van der Waals surface area (Å²) in [6.07, 6.45) is 0. The highest BCUT2D eigenvalue weighted by Crippen LogP contribution is 2.30. The summed E-state index contributed by atoms with van der Waals surface area (Å²) in [6, 6.07) is 16.0. The number of carbonyl (C=O) groups is 2. The van der Waals surface area contributed by atoms with E-state index >= 15 is 0 Å². The molecule has 24 heavy (non-hydrogen) atoms. The summed E-state index contributed by atoms with van der Waals surface area (Å²) >= 11 is 0. The number of amides is 2. The van der Waals surface area contributed by atoms with Crippen molar-refractivity contribution in [2.24, 2.45) is 5.73 Å². The Hall–Kier alpha value is -2.70. The molecule has 0 heterocycles. The second kappa shape index (κ2) is 8.24. The second-order valence-corrected chi connectivity index (χ2v) is 5.29. The zero-order valence-electron chi connectivity index (χ0n) is 13.1. The van der Waals surface area contributed by atoms with Crippen molar-refractivity contribution < 1.29 is 19.8 Å². The lowest BCUT2D eigenvalue weighted by molar-refractivity contribution is -0.149. The molecule has 2 aromatic carbocycles. The third kappa shape index (κ3) is 3.79. The molecule has 2 rings (SSSR count). The van der Waals surface area contributed by atoms with Crippen LogP contribution in [0.4, 0.5) is 0 Å². The van der Waals surface area contributed by atoms with E-state index in [-0.39, 0.29) is 0 Å². The van der Waals surface area contributed by atoms with E-state index < -0.39 is 37.1 Å². The zero-order valence-corrected chi connectivity index (χ0v) is 13.1. The minimum atomic E-state index is -1.14. The molecule has 2 amide bonds. The Balaban J connectivity index is 2.51. The fourth-order valence-corrected chi connectivity index (χ4v) is 2.69. The molecule has 6 nitrogen and oxygen atoms in total. The van der Waals surface area contributed by atoms with Crippen LogP contribution >= 0.6 is 0 Å². The van der Waals surface area contributed by atoms with Crippen molar-refractivity contribution in [3.63, 3.8) is 0 Å². The van der Waals surface area contributed by atoms with Gasteiger partial charge in [0.05, 0.1) is 25.3 Å². The number of benzene rings is 2. The van der Waals surface area contributed by atoms with Gasteiger partial charge in [-0.1, -0.05) is 60.7 Å². The average Bonchev–Trinajstić information content (AvgIpc) is 2.62. The molecular formula is C18H20N2O4. The van der Waals surface area contributed by atoms with E-state index in [1.165, 1.54) is 0 Å². The number of aliphatic hydroxyl groups is 2. The van der Waals surface area contributed by atoms with Crippen LogP contribution in [0.5, 0.6) is 0 Å². The van der Waals surface area contributed by atoms with Gasteiger partial charge < -0.3 is 20.8 Å². The monoisotopic (exact) mass is 328 g/mol. The summed E-state index contributed by atoms with van der Waals surface area (Å²) in [7, 11) is 0. The van der Waals surface area contributed by atoms with E-state index in [2.05, 4.69) is 0 Å². The lowest BCUT2D eigenvalue weighted by atomic mass is 9.99. The van der Waals surface area contributed by atoms with Crippen LogP contribution in [0.25, 0.3) is 0 Å². The van der Waals surface area contributed by atoms with Crippen LogP contribution in [0.2, 0.25) is 0 Å². The number of carbonyl (C=O) groups excluding carboxylic acids is 2. The molecule has 0 aliphatic carbocycles. The lowest BCUT2D eigenvalue weighted by Gasteiger charge is -2.36. The summed E-state index contributed by atoms with van der Waals surface area (Å²) in [5, 5.41) is 19.7. The Bertz CT molecular complexity index is 628. The van der Waals surface area contributed by atoms with Gasteiger partial charge in [0.15, 0.2) is 0 Å². The first kappa shape index (κ1) is 17.7. The van der Waals surface area contributed by atoms with Crippen LogP contribution < -0.4 is 5.73 Å². The van der Waals surface area contributed by atoms with Crippen molar-refractivity contribution in [2.75, 3.05) is 13.2 Å². The number of nitrogens with two attached hydrogens (primary N) is 1. The molecule has 4 N–H and O–H groups in total. The van der Waals surface area contributed by atoms with E-state index in [1.54, 1.807) is 60.7 Å². The second-order valence-electron chi connectivity index (χ2n) is 5.29. The van der Waals surface area contributed by atoms with Gasteiger partial charge in [-0.05, 0) is 11.1 Å². The third-order valence-corrected chi connectivity index (χ3v) is 3.83. The zero-order chi connectivity index (χ0) is 17.5. The highest BCUT2D eigenvalue weighted by atomic mass is 16.3. The largest absolute Gasteiger partial charge is 0.394 e. The SMILES string of the molecule is NC(=O)C(=O)N([C@@H](CO)c1ccccc1)[C@@H](CO)c1ccccc1. The topological polar surface area (TPSA) is 104 Å². The minimum Gasteiger partial charge on any atom is -0.394 e. The third-order valence-electron chi connectivity index (χ3n) is 3.83. The smallest absolute Gasteiger partial charge is 0.312 e. The number of aliphatic hydroxyl groups excluding tert-OH is 2. The van der Waals surface area contributed by atoms with Crippen molar-refractivity contribution >= 4 is 11.8 Å². The molecular weight excluding hydrogens is 308 g/mol. The summed E-state index contributed by atoms with van der Waals surface area (Å²) in [4.78, 5) is 25.1. The van der Waals surface area contributed by atoms with Gasteiger partial charge in [0.2, 0.25) is 0 Å². The van der Waals surface area contributed by atoms with Gasteiger partial charge in [0.25, 0.3) is 0 Å². The molecule has 6 heteroatoms. The molecule has 0 radical (unpaired) electrons. The number of hydrogen-bond donors (Lipinski definition) is 3. The standard InChI is InChI=1S/C18H20N2O4/c19-17(23)18(24)20(15(11-21)13-7-3-1-4-8-13)16(12-22)14-9-5-2-6-10-14/h1-10,15-16,21-22H,11-12H2,(H2,19,23)/t15-,16-/m0/s1. The fraction of sp³-hybridized carbons (Fsp3) is 0.222. The lowest BCUT2D eigenvalue weighted by Crippen LogP contribution is -2.46. The van der Waals surface area contributed by atoms with E-state index in [4.69, 9.17) is 5.73 Å². The molecule has 126 valence electrons. The normalized spacial score (nSPS) is 13.1. The maximum Gasteiger partial charge on any atom is 0.312 e. The summed E-state index contributed by atoms with van der Waals surface area (Å²) < 4.78 is 0. The molecule has 0 aliphatic heterocycles. The Morgan fingerprint density at radius 2 is 1.21 bits per heavy atom. The van der Waals surface area contributed by atoms with Gasteiger partial charge in [-0.3, -0.25) is 9.59 Å². The Morgan fingerprint density at radius 3 is 1.50 bits per heavy atom. The number of rotatable bonds is 6. The Morgan fingerprint density at radius 1 is 0.833 bits per heavy atom. The molecule has 0 aliphatic rings. The highest BCUT2D eigenvalue weighted by Gasteiger charge is 2.34. The molecule has 0 saturated carbocycles. The molecule has 0 aromatic heterocycles. The molecule has 2 aromatic rings. The van der Waals surface area contributed by atoms with E-state index in [1.807, 2.05) is 0 Å². The maximum absolute atomic E-state index is 12.4. The predicted octanol–water partition coefficient (Wildman–Crippen LogP) is 0.767. The van der Waals surface area contributed by atoms with Gasteiger partial charge in [0, 0.05) is 0 Å². The molecule has 2 atom stereocenters. The van der Waals surface area contributed by atoms with Crippen LogP contribution in [0.15, 0.2) is 60.7 Å². The quantitative estimate of drug-likeness (QED) is 0.681. The first-order valence-electron chi connectivity index (χ1n) is 7.53. The van der Waals surface area contributed by atoms with Crippen LogP contribution in [0.1, 0.15) is 23.2 Å². The highest BCUT2D eigenvalue weighted by molar-refractivity contribution is 6.34. The molecule has 0 unspecified atom stereocenters. The van der Waals surface area contributed by atoms with Crippen LogP contribution in [0.3, 0.4) is 0 Å². The van der Waals surface area contributed by atoms with Gasteiger partial charge in [-0.2, -0.15) is 0 Å². The van der Waals surface area contributed by atoms with Gasteiger partial charge >= 0.3 is 11.8 Å². The molecule has 0 fully saturated rings. The minimum absolute atomic E-state index is 0.410. The van der Waals surface area contributed by atoms with E-state index in [9.17, 15) is 19.8 Å². The fourth-order valence-electron chi connectivity index (χ4n) is 2.69. The van der Waals surface area contributed by atoms with Crippen molar-refractivity contribution in [1.29, 1.82) is 0 Å². The van der Waals surface area contributed by atoms with Gasteiger partial charge in [-0.15, -0.1) is 0 Å². The Kier molecular flexibility index (Phi) is 6.06. The van der Waals surface area contributed by atoms with Gasteiger partial charge in [-0.25, -0.2) is 0 Å².